The van der Waals surface area contributed by atoms with E-state index in [9.17, 15) is 20.4 Å². The molecule has 2 rings (SSSR count). The molecule has 0 bridgehead atoms. The van der Waals surface area contributed by atoms with Crippen LogP contribution in [0, 0.1) is 5.41 Å². The van der Waals surface area contributed by atoms with Gasteiger partial charge in [0.05, 0.1) is 12.0 Å². The summed E-state index contributed by atoms with van der Waals surface area (Å²) in [7, 11) is 0. The Kier molecular flexibility index (Phi) is 2.03. The van der Waals surface area contributed by atoms with Crippen molar-refractivity contribution in [2.24, 2.45) is 5.41 Å². The average molecular weight is 220 g/mol. The van der Waals surface area contributed by atoms with Crippen LogP contribution in [0.3, 0.4) is 0 Å². The Balaban J connectivity index is 2.25. The third-order valence-electron chi connectivity index (χ3n) is 3.87. The highest BCUT2D eigenvalue weighted by atomic mass is 16.7. The molecule has 1 saturated carbocycles. The first-order valence-corrected chi connectivity index (χ1v) is 4.83. The molecular weight excluding hydrogens is 204 g/mol. The monoisotopic (exact) mass is 220 g/mol. The molecule has 0 amide bonds. The van der Waals surface area contributed by atoms with Crippen molar-refractivity contribution in [2.45, 2.75) is 43.5 Å². The lowest BCUT2D eigenvalue weighted by Crippen LogP contribution is -2.46. The quantitative estimate of drug-likeness (QED) is 0.353. The first-order chi connectivity index (χ1) is 6.74. The first kappa shape index (κ1) is 11.3. The molecule has 6 heteroatoms. The normalized spacial score (nSPS) is 53.8. The van der Waals surface area contributed by atoms with Crippen LogP contribution in [0.5, 0.6) is 0 Å². The van der Waals surface area contributed by atoms with Gasteiger partial charge in [-0.25, -0.2) is 0 Å². The fourth-order valence-corrected chi connectivity index (χ4v) is 2.52. The lowest BCUT2D eigenvalue weighted by Gasteiger charge is -2.27. The second-order valence-corrected chi connectivity index (χ2v) is 4.81. The Labute approximate surface area is 86.7 Å². The van der Waals surface area contributed by atoms with Crippen molar-refractivity contribution in [3.63, 3.8) is 0 Å². The summed E-state index contributed by atoms with van der Waals surface area (Å²) < 4.78 is 5.05. The van der Waals surface area contributed by atoms with Crippen LogP contribution >= 0.6 is 0 Å². The summed E-state index contributed by atoms with van der Waals surface area (Å²) in [5.41, 5.74) is -2.76. The van der Waals surface area contributed by atoms with Crippen LogP contribution in [-0.4, -0.2) is 61.8 Å². The van der Waals surface area contributed by atoms with Gasteiger partial charge in [-0.15, -0.1) is 0 Å². The van der Waals surface area contributed by atoms with E-state index in [-0.39, 0.29) is 0 Å². The number of hydrogen-bond donors (Lipinski definition) is 5. The van der Waals surface area contributed by atoms with E-state index in [1.165, 1.54) is 0 Å². The lowest BCUT2D eigenvalue weighted by atomic mass is 9.95. The zero-order valence-electron chi connectivity index (χ0n) is 8.58. The standard InChI is InChI=1S/C9H16O6/c1-7(2)8(13)6(12)5(4(11)3-10)15-9(7,8)14/h4-6,10-14H,3H2,1-2H3/t4-,5-,6+,8+,9+/m1/s1. The zero-order valence-corrected chi connectivity index (χ0v) is 8.58. The van der Waals surface area contributed by atoms with Gasteiger partial charge in [0, 0.05) is 0 Å². The third-order valence-corrected chi connectivity index (χ3v) is 3.87. The number of ether oxygens (including phenoxy) is 1. The average Bonchev–Trinajstić information content (AvgIpc) is 2.39. The van der Waals surface area contributed by atoms with Gasteiger partial charge in [0.25, 0.3) is 0 Å². The highest BCUT2D eigenvalue weighted by molar-refractivity contribution is 5.35. The molecule has 2 aliphatic rings. The van der Waals surface area contributed by atoms with Crippen molar-refractivity contribution >= 4 is 0 Å². The van der Waals surface area contributed by atoms with Crippen molar-refractivity contribution in [3.05, 3.63) is 0 Å². The Morgan fingerprint density at radius 3 is 2.20 bits per heavy atom. The number of aliphatic hydroxyl groups excluding tert-OH is 3. The molecule has 6 nitrogen and oxygen atoms in total. The molecule has 0 aromatic heterocycles. The molecule has 1 heterocycles. The minimum atomic E-state index is -1.85. The van der Waals surface area contributed by atoms with E-state index in [0.717, 1.165) is 0 Å². The molecule has 2 fully saturated rings. The molecule has 1 saturated heterocycles. The molecule has 15 heavy (non-hydrogen) atoms. The van der Waals surface area contributed by atoms with Crippen molar-refractivity contribution in [1.82, 2.24) is 0 Å². The van der Waals surface area contributed by atoms with Crippen LogP contribution in [-0.2, 0) is 4.74 Å². The Morgan fingerprint density at radius 2 is 1.87 bits per heavy atom. The van der Waals surface area contributed by atoms with E-state index in [1.54, 1.807) is 13.8 Å². The molecule has 88 valence electrons. The van der Waals surface area contributed by atoms with E-state index in [4.69, 9.17) is 9.84 Å². The predicted octanol–water partition coefficient (Wildman–Crippen LogP) is -2.44. The zero-order chi connectivity index (χ0) is 11.6. The molecule has 1 aliphatic heterocycles. The van der Waals surface area contributed by atoms with Gasteiger partial charge >= 0.3 is 0 Å². The van der Waals surface area contributed by atoms with Crippen LogP contribution in [0.4, 0.5) is 0 Å². The van der Waals surface area contributed by atoms with E-state index in [0.29, 0.717) is 0 Å². The SMILES string of the molecule is CC1(C)[C@]2(O)O[C@H]([C@H](O)CO)[C@H](O)[C@]12O. The van der Waals surface area contributed by atoms with Crippen LogP contribution in [0.15, 0.2) is 0 Å². The molecule has 0 spiro atoms. The maximum Gasteiger partial charge on any atom is 0.207 e. The fourth-order valence-electron chi connectivity index (χ4n) is 2.52. The maximum atomic E-state index is 10.0. The van der Waals surface area contributed by atoms with Gasteiger partial charge in [-0.05, 0) is 0 Å². The fraction of sp³-hybridized carbons (Fsp3) is 1.00. The minimum absolute atomic E-state index is 0.603. The van der Waals surface area contributed by atoms with Crippen LogP contribution in [0.2, 0.25) is 0 Å². The number of fused-ring (bicyclic) bond motifs is 1. The molecule has 0 radical (unpaired) electrons. The summed E-state index contributed by atoms with van der Waals surface area (Å²) in [4.78, 5) is 0. The maximum absolute atomic E-state index is 10.0. The van der Waals surface area contributed by atoms with Gasteiger partial charge in [-0.3, -0.25) is 0 Å². The Morgan fingerprint density at radius 1 is 1.33 bits per heavy atom. The minimum Gasteiger partial charge on any atom is -0.394 e. The summed E-state index contributed by atoms with van der Waals surface area (Å²) in [6.07, 6.45) is -3.91. The van der Waals surface area contributed by atoms with E-state index >= 15 is 0 Å². The van der Waals surface area contributed by atoms with Gasteiger partial charge in [0.15, 0.2) is 5.60 Å². The van der Waals surface area contributed by atoms with Crippen molar-refractivity contribution < 1.29 is 30.3 Å². The van der Waals surface area contributed by atoms with Crippen LogP contribution in [0.1, 0.15) is 13.8 Å². The van der Waals surface area contributed by atoms with Gasteiger partial charge in [0.1, 0.15) is 18.3 Å². The summed E-state index contributed by atoms with van der Waals surface area (Å²) in [5, 5.41) is 47.7. The Hall–Kier alpha value is -0.240. The third kappa shape index (κ3) is 0.909. The second kappa shape index (κ2) is 2.71. The number of aliphatic hydroxyl groups is 5. The largest absolute Gasteiger partial charge is 0.394 e. The molecule has 5 N–H and O–H groups in total. The van der Waals surface area contributed by atoms with Gasteiger partial charge in [0.2, 0.25) is 5.79 Å². The van der Waals surface area contributed by atoms with Crippen molar-refractivity contribution in [3.8, 4) is 0 Å². The Bertz CT molecular complexity index is 292. The molecule has 1 aliphatic carbocycles. The predicted molar refractivity (Wildman–Crippen MR) is 47.7 cm³/mol. The summed E-state index contributed by atoms with van der Waals surface area (Å²) in [5.74, 6) is -1.85. The summed E-state index contributed by atoms with van der Waals surface area (Å²) in [6.45, 7) is 2.50. The number of rotatable bonds is 2. The van der Waals surface area contributed by atoms with E-state index in [2.05, 4.69) is 0 Å². The smallest absolute Gasteiger partial charge is 0.207 e. The van der Waals surface area contributed by atoms with Gasteiger partial charge in [-0.1, -0.05) is 13.8 Å². The summed E-state index contributed by atoms with van der Waals surface area (Å²) in [6, 6.07) is 0. The first-order valence-electron chi connectivity index (χ1n) is 4.83. The van der Waals surface area contributed by atoms with Crippen molar-refractivity contribution in [2.75, 3.05) is 6.61 Å². The number of hydrogen-bond acceptors (Lipinski definition) is 6. The molecule has 0 aromatic rings. The van der Waals surface area contributed by atoms with Gasteiger partial charge in [-0.2, -0.15) is 0 Å². The molecule has 5 atom stereocenters. The topological polar surface area (TPSA) is 110 Å². The van der Waals surface area contributed by atoms with E-state index in [1.807, 2.05) is 0 Å². The second-order valence-electron chi connectivity index (χ2n) is 4.81. The van der Waals surface area contributed by atoms with Crippen molar-refractivity contribution in [1.29, 1.82) is 0 Å². The molecular formula is C9H16O6. The van der Waals surface area contributed by atoms with Crippen LogP contribution < -0.4 is 0 Å². The summed E-state index contributed by atoms with van der Waals surface area (Å²) >= 11 is 0. The molecule has 0 aromatic carbocycles. The highest BCUT2D eigenvalue weighted by Crippen LogP contribution is 2.71. The lowest BCUT2D eigenvalue weighted by molar-refractivity contribution is -0.198. The van der Waals surface area contributed by atoms with Crippen LogP contribution in [0.25, 0.3) is 0 Å². The van der Waals surface area contributed by atoms with Gasteiger partial charge < -0.3 is 30.3 Å². The molecule has 0 unspecified atom stereocenters. The highest BCUT2D eigenvalue weighted by Gasteiger charge is 2.92. The van der Waals surface area contributed by atoms with E-state index < -0.39 is 41.7 Å².